The monoisotopic (exact) mass is 335 g/mol. The number of phenolic OH excluding ortho intramolecular Hbond substituents is 1. The number of likely N-dealkylation sites (tertiary alicyclic amines) is 1. The van der Waals surface area contributed by atoms with Crippen molar-refractivity contribution in [2.45, 2.75) is 0 Å². The third-order valence-electron chi connectivity index (χ3n) is 4.71. The first-order chi connectivity index (χ1) is 11.4. The van der Waals surface area contributed by atoms with Gasteiger partial charge in [0.05, 0.1) is 5.56 Å². The molecule has 1 aromatic rings. The number of hydrogen-bond acceptors (Lipinski definition) is 5. The normalized spacial score (nSPS) is 21.0. The minimum Gasteiger partial charge on any atom is -0.507 e. The summed E-state index contributed by atoms with van der Waals surface area (Å²) >= 11 is 0. The predicted octanol–water partition coefficient (Wildman–Crippen LogP) is 0.566. The van der Waals surface area contributed by atoms with Crippen molar-refractivity contribution >= 4 is 5.91 Å². The van der Waals surface area contributed by atoms with Crippen LogP contribution in [0.5, 0.6) is 5.75 Å². The Bertz CT molecular complexity index is 550. The maximum Gasteiger partial charge on any atom is 0.257 e. The van der Waals surface area contributed by atoms with Gasteiger partial charge in [-0.05, 0) is 39.2 Å². The highest BCUT2D eigenvalue weighted by Gasteiger charge is 2.36. The van der Waals surface area contributed by atoms with Gasteiger partial charge in [-0.2, -0.15) is 0 Å². The largest absolute Gasteiger partial charge is 0.507 e. The van der Waals surface area contributed by atoms with Crippen LogP contribution in [0, 0.1) is 11.8 Å². The fourth-order valence-electron chi connectivity index (χ4n) is 3.21. The Morgan fingerprint density at radius 1 is 1.17 bits per heavy atom. The Morgan fingerprint density at radius 3 is 2.46 bits per heavy atom. The van der Waals surface area contributed by atoms with E-state index in [1.165, 1.54) is 6.07 Å². The van der Waals surface area contributed by atoms with Crippen molar-refractivity contribution in [1.29, 1.82) is 0 Å². The van der Waals surface area contributed by atoms with Gasteiger partial charge in [0.2, 0.25) is 0 Å². The van der Waals surface area contributed by atoms with Crippen molar-refractivity contribution in [1.82, 2.24) is 14.7 Å². The topological polar surface area (TPSA) is 67.2 Å². The Balaban J connectivity index is 1.98. The van der Waals surface area contributed by atoms with Crippen LogP contribution >= 0.6 is 0 Å². The number of rotatable bonds is 7. The maximum atomic E-state index is 12.6. The zero-order valence-electron chi connectivity index (χ0n) is 14.9. The summed E-state index contributed by atoms with van der Waals surface area (Å²) in [5.41, 5.74) is 0.329. The van der Waals surface area contributed by atoms with E-state index in [-0.39, 0.29) is 30.1 Å². The SMILES string of the molecule is CN(C)CCN(C)CC1CN(C(=O)c2ccccc2O)CC1CO. The molecule has 24 heavy (non-hydrogen) atoms. The summed E-state index contributed by atoms with van der Waals surface area (Å²) in [6, 6.07) is 6.62. The summed E-state index contributed by atoms with van der Waals surface area (Å²) in [5.74, 6) is 0.179. The first kappa shape index (κ1) is 18.7. The lowest BCUT2D eigenvalue weighted by atomic mass is 9.96. The molecule has 1 amide bonds. The second-order valence-electron chi connectivity index (χ2n) is 7.00. The van der Waals surface area contributed by atoms with Gasteiger partial charge in [0.15, 0.2) is 0 Å². The van der Waals surface area contributed by atoms with Crippen LogP contribution in [0.15, 0.2) is 24.3 Å². The number of aliphatic hydroxyl groups excluding tert-OH is 1. The van der Waals surface area contributed by atoms with Gasteiger partial charge in [0, 0.05) is 45.2 Å². The van der Waals surface area contributed by atoms with Crippen LogP contribution in [-0.2, 0) is 0 Å². The molecule has 1 heterocycles. The molecule has 134 valence electrons. The molecule has 1 fully saturated rings. The van der Waals surface area contributed by atoms with Gasteiger partial charge in [0.1, 0.15) is 5.75 Å². The quantitative estimate of drug-likeness (QED) is 0.762. The number of benzene rings is 1. The van der Waals surface area contributed by atoms with E-state index in [1.54, 1.807) is 23.1 Å². The molecule has 2 unspecified atom stereocenters. The summed E-state index contributed by atoms with van der Waals surface area (Å²) < 4.78 is 0. The minimum atomic E-state index is -0.162. The van der Waals surface area contributed by atoms with Gasteiger partial charge in [0.25, 0.3) is 5.91 Å². The first-order valence-electron chi connectivity index (χ1n) is 8.43. The standard InChI is InChI=1S/C18H29N3O3/c1-19(2)8-9-20(3)10-14-11-21(12-15(14)13-22)18(24)16-6-4-5-7-17(16)23/h4-7,14-15,22-23H,8-13H2,1-3H3. The van der Waals surface area contributed by atoms with Crippen molar-refractivity contribution in [3.63, 3.8) is 0 Å². The van der Waals surface area contributed by atoms with Crippen LogP contribution in [0.25, 0.3) is 0 Å². The van der Waals surface area contributed by atoms with Gasteiger partial charge in [-0.1, -0.05) is 12.1 Å². The van der Waals surface area contributed by atoms with Crippen molar-refractivity contribution in [3.8, 4) is 5.75 Å². The fraction of sp³-hybridized carbons (Fsp3) is 0.611. The number of nitrogens with zero attached hydrogens (tertiary/aromatic N) is 3. The van der Waals surface area contributed by atoms with E-state index < -0.39 is 0 Å². The molecule has 2 atom stereocenters. The van der Waals surface area contributed by atoms with Crippen LogP contribution in [0.3, 0.4) is 0 Å². The lowest BCUT2D eigenvalue weighted by molar-refractivity contribution is 0.0776. The average molecular weight is 335 g/mol. The number of phenols is 1. The molecule has 1 aliphatic heterocycles. The van der Waals surface area contributed by atoms with E-state index in [0.29, 0.717) is 18.7 Å². The number of hydrogen-bond donors (Lipinski definition) is 2. The number of carbonyl (C=O) groups excluding carboxylic acids is 1. The Kier molecular flexibility index (Phi) is 6.60. The van der Waals surface area contributed by atoms with E-state index in [0.717, 1.165) is 19.6 Å². The molecule has 1 aromatic carbocycles. The van der Waals surface area contributed by atoms with E-state index in [9.17, 15) is 15.0 Å². The third-order valence-corrected chi connectivity index (χ3v) is 4.71. The number of amides is 1. The van der Waals surface area contributed by atoms with Crippen LogP contribution in [0.2, 0.25) is 0 Å². The Labute approximate surface area is 144 Å². The van der Waals surface area contributed by atoms with Gasteiger partial charge in [-0.25, -0.2) is 0 Å². The summed E-state index contributed by atoms with van der Waals surface area (Å²) in [6.07, 6.45) is 0. The van der Waals surface area contributed by atoms with Crippen molar-refractivity contribution in [2.24, 2.45) is 11.8 Å². The lowest BCUT2D eigenvalue weighted by Crippen LogP contribution is -2.35. The Morgan fingerprint density at radius 2 is 1.83 bits per heavy atom. The highest BCUT2D eigenvalue weighted by Crippen LogP contribution is 2.27. The van der Waals surface area contributed by atoms with E-state index in [1.807, 2.05) is 14.1 Å². The molecule has 0 bridgehead atoms. The molecule has 6 nitrogen and oxygen atoms in total. The van der Waals surface area contributed by atoms with Crippen molar-refractivity contribution in [2.75, 3.05) is 60.5 Å². The lowest BCUT2D eigenvalue weighted by Gasteiger charge is -2.25. The van der Waals surface area contributed by atoms with Gasteiger partial charge in [-0.3, -0.25) is 4.79 Å². The third kappa shape index (κ3) is 4.69. The molecule has 6 heteroatoms. The van der Waals surface area contributed by atoms with Crippen molar-refractivity contribution in [3.05, 3.63) is 29.8 Å². The van der Waals surface area contributed by atoms with E-state index in [4.69, 9.17) is 0 Å². The molecular formula is C18H29N3O3. The van der Waals surface area contributed by atoms with Crippen LogP contribution in [0.4, 0.5) is 0 Å². The predicted molar refractivity (Wildman–Crippen MR) is 94.1 cm³/mol. The second kappa shape index (κ2) is 8.46. The second-order valence-corrected chi connectivity index (χ2v) is 7.00. The van der Waals surface area contributed by atoms with Crippen LogP contribution in [-0.4, -0.2) is 91.3 Å². The molecule has 1 aliphatic rings. The molecule has 0 saturated carbocycles. The molecule has 1 saturated heterocycles. The van der Waals surface area contributed by atoms with Gasteiger partial charge >= 0.3 is 0 Å². The highest BCUT2D eigenvalue weighted by molar-refractivity contribution is 5.97. The minimum absolute atomic E-state index is 0.00889. The fourth-order valence-corrected chi connectivity index (χ4v) is 3.21. The molecule has 0 aliphatic carbocycles. The molecule has 0 aromatic heterocycles. The molecule has 0 radical (unpaired) electrons. The Hall–Kier alpha value is -1.63. The molecular weight excluding hydrogens is 306 g/mol. The summed E-state index contributed by atoms with van der Waals surface area (Å²) in [6.45, 7) is 4.02. The average Bonchev–Trinajstić information content (AvgIpc) is 2.95. The van der Waals surface area contributed by atoms with E-state index in [2.05, 4.69) is 16.8 Å². The number of carbonyl (C=O) groups is 1. The number of para-hydroxylation sites is 1. The number of aliphatic hydroxyl groups is 1. The molecule has 2 N–H and O–H groups in total. The smallest absolute Gasteiger partial charge is 0.257 e. The molecule has 2 rings (SSSR count). The van der Waals surface area contributed by atoms with Gasteiger partial charge < -0.3 is 24.9 Å². The highest BCUT2D eigenvalue weighted by atomic mass is 16.3. The zero-order chi connectivity index (χ0) is 17.7. The van der Waals surface area contributed by atoms with Crippen molar-refractivity contribution < 1.29 is 15.0 Å². The zero-order valence-corrected chi connectivity index (χ0v) is 14.9. The summed E-state index contributed by atoms with van der Waals surface area (Å²) in [4.78, 5) is 18.8. The first-order valence-corrected chi connectivity index (χ1v) is 8.43. The van der Waals surface area contributed by atoms with Crippen LogP contribution in [0.1, 0.15) is 10.4 Å². The molecule has 0 spiro atoms. The number of aromatic hydroxyl groups is 1. The van der Waals surface area contributed by atoms with E-state index >= 15 is 0 Å². The summed E-state index contributed by atoms with van der Waals surface area (Å²) in [7, 11) is 6.17. The van der Waals surface area contributed by atoms with Gasteiger partial charge in [-0.15, -0.1) is 0 Å². The maximum absolute atomic E-state index is 12.6. The number of likely N-dealkylation sites (N-methyl/N-ethyl adjacent to an activating group) is 2. The summed E-state index contributed by atoms with van der Waals surface area (Å²) in [5, 5.41) is 19.6. The van der Waals surface area contributed by atoms with Crippen LogP contribution < -0.4 is 0 Å².